The number of amides is 3. The number of hydrogen-bond acceptors (Lipinski definition) is 2. The second-order valence-corrected chi connectivity index (χ2v) is 4.63. The fraction of sp³-hybridized carbons (Fsp3) is 0.200. The van der Waals surface area contributed by atoms with E-state index < -0.39 is 17.3 Å². The van der Waals surface area contributed by atoms with Crippen LogP contribution in [0.5, 0.6) is 0 Å². The summed E-state index contributed by atoms with van der Waals surface area (Å²) >= 11 is 17.2. The normalized spacial score (nSPS) is 11.8. The molecule has 0 fully saturated rings. The van der Waals surface area contributed by atoms with Crippen molar-refractivity contribution in [3.8, 4) is 0 Å². The number of urea groups is 1. The van der Waals surface area contributed by atoms with Crippen LogP contribution in [0.25, 0.3) is 0 Å². The van der Waals surface area contributed by atoms with E-state index in [0.29, 0.717) is 0 Å². The fourth-order valence-electron chi connectivity index (χ4n) is 0.973. The summed E-state index contributed by atoms with van der Waals surface area (Å²) in [5, 5.41) is 4.17. The third-order valence-corrected chi connectivity index (χ3v) is 2.63. The molecular formula is C10H9Cl3N2O2. The molecule has 0 heterocycles. The van der Waals surface area contributed by atoms with Gasteiger partial charge in [0.15, 0.2) is 0 Å². The van der Waals surface area contributed by atoms with Crippen LogP contribution in [0.4, 0.5) is 10.5 Å². The van der Waals surface area contributed by atoms with Gasteiger partial charge in [-0.25, -0.2) is 4.79 Å². The van der Waals surface area contributed by atoms with Crippen molar-refractivity contribution < 1.29 is 9.59 Å². The molecule has 0 aliphatic heterocycles. The number of carbonyl (C=O) groups excluding carboxylic acids is 2. The minimum absolute atomic E-state index is 0.239. The standard InChI is InChI=1S/C10H9Cl3N2O2/c1-5(11)9(16)15-10(17)14-8-6(12)3-2-4-7(8)13/h2-5H,1H3,(H2,14,15,16,17). The first kappa shape index (κ1) is 14.1. The Labute approximate surface area is 113 Å². The Morgan fingerprint density at radius 2 is 1.76 bits per heavy atom. The van der Waals surface area contributed by atoms with Gasteiger partial charge < -0.3 is 5.32 Å². The van der Waals surface area contributed by atoms with Crippen LogP contribution in [0.1, 0.15) is 6.92 Å². The van der Waals surface area contributed by atoms with Gasteiger partial charge in [-0.1, -0.05) is 29.3 Å². The molecule has 0 radical (unpaired) electrons. The number of alkyl halides is 1. The van der Waals surface area contributed by atoms with Crippen LogP contribution < -0.4 is 10.6 Å². The van der Waals surface area contributed by atoms with Gasteiger partial charge in [0, 0.05) is 0 Å². The van der Waals surface area contributed by atoms with Crippen molar-refractivity contribution in [2.75, 3.05) is 5.32 Å². The van der Waals surface area contributed by atoms with Gasteiger partial charge in [0.2, 0.25) is 5.91 Å². The summed E-state index contributed by atoms with van der Waals surface area (Å²) in [6.45, 7) is 1.45. The summed E-state index contributed by atoms with van der Waals surface area (Å²) < 4.78 is 0. The maximum Gasteiger partial charge on any atom is 0.326 e. The Balaban J connectivity index is 2.72. The van der Waals surface area contributed by atoms with Crippen molar-refractivity contribution in [1.82, 2.24) is 5.32 Å². The Hall–Kier alpha value is -0.970. The predicted molar refractivity (Wildman–Crippen MR) is 68.9 cm³/mol. The number of carbonyl (C=O) groups is 2. The van der Waals surface area contributed by atoms with Crippen molar-refractivity contribution in [3.63, 3.8) is 0 Å². The third-order valence-electron chi connectivity index (χ3n) is 1.80. The number of nitrogens with one attached hydrogen (secondary N) is 2. The molecule has 17 heavy (non-hydrogen) atoms. The molecule has 92 valence electrons. The topological polar surface area (TPSA) is 58.2 Å². The van der Waals surface area contributed by atoms with Gasteiger partial charge in [0.05, 0.1) is 15.7 Å². The molecule has 0 saturated carbocycles. The van der Waals surface area contributed by atoms with Crippen molar-refractivity contribution in [3.05, 3.63) is 28.2 Å². The molecular weight excluding hydrogens is 286 g/mol. The molecule has 0 aliphatic carbocycles. The SMILES string of the molecule is CC(Cl)C(=O)NC(=O)Nc1c(Cl)cccc1Cl. The molecule has 1 unspecified atom stereocenters. The van der Waals surface area contributed by atoms with E-state index in [1.54, 1.807) is 18.2 Å². The molecule has 2 N–H and O–H groups in total. The van der Waals surface area contributed by atoms with Gasteiger partial charge in [-0.05, 0) is 19.1 Å². The lowest BCUT2D eigenvalue weighted by Crippen LogP contribution is -2.38. The second kappa shape index (κ2) is 6.10. The molecule has 4 nitrogen and oxygen atoms in total. The maximum absolute atomic E-state index is 11.4. The third kappa shape index (κ3) is 4.07. The first-order chi connectivity index (χ1) is 7.91. The summed E-state index contributed by atoms with van der Waals surface area (Å²) in [4.78, 5) is 22.6. The minimum atomic E-state index is -0.803. The number of halogens is 3. The molecule has 1 aromatic rings. The van der Waals surface area contributed by atoms with E-state index in [1.165, 1.54) is 6.92 Å². The zero-order valence-electron chi connectivity index (χ0n) is 8.76. The van der Waals surface area contributed by atoms with E-state index in [4.69, 9.17) is 34.8 Å². The molecule has 7 heteroatoms. The number of imide groups is 1. The summed E-state index contributed by atoms with van der Waals surface area (Å²) in [5.74, 6) is -0.604. The van der Waals surface area contributed by atoms with Gasteiger partial charge >= 0.3 is 6.03 Å². The fourth-order valence-corrected chi connectivity index (χ4v) is 1.52. The highest BCUT2D eigenvalue weighted by atomic mass is 35.5. The van der Waals surface area contributed by atoms with Crippen LogP contribution in [0.15, 0.2) is 18.2 Å². The predicted octanol–water partition coefficient (Wildman–Crippen LogP) is 3.27. The average Bonchev–Trinajstić information content (AvgIpc) is 2.23. The number of rotatable bonds is 2. The second-order valence-electron chi connectivity index (χ2n) is 3.16. The van der Waals surface area contributed by atoms with E-state index in [1.807, 2.05) is 5.32 Å². The molecule has 0 bridgehead atoms. The lowest BCUT2D eigenvalue weighted by atomic mass is 10.3. The Bertz CT molecular complexity index is 429. The number of anilines is 1. The number of hydrogen-bond donors (Lipinski definition) is 2. The first-order valence-corrected chi connectivity index (χ1v) is 5.81. The lowest BCUT2D eigenvalue weighted by molar-refractivity contribution is -0.119. The van der Waals surface area contributed by atoms with Crippen LogP contribution in [0.2, 0.25) is 10.0 Å². The molecule has 3 amide bonds. The van der Waals surface area contributed by atoms with Crippen molar-refractivity contribution >= 4 is 52.4 Å². The van der Waals surface area contributed by atoms with E-state index >= 15 is 0 Å². The van der Waals surface area contributed by atoms with Crippen LogP contribution in [-0.2, 0) is 4.79 Å². The highest BCUT2D eigenvalue weighted by Gasteiger charge is 2.15. The van der Waals surface area contributed by atoms with Gasteiger partial charge in [0.1, 0.15) is 5.38 Å². The number of benzene rings is 1. The summed E-state index contributed by atoms with van der Waals surface area (Å²) in [5.41, 5.74) is 0.239. The van der Waals surface area contributed by atoms with E-state index in [-0.39, 0.29) is 15.7 Å². The lowest BCUT2D eigenvalue weighted by Gasteiger charge is -2.10. The monoisotopic (exact) mass is 294 g/mol. The van der Waals surface area contributed by atoms with Gasteiger partial charge in [-0.15, -0.1) is 11.6 Å². The molecule has 1 aromatic carbocycles. The van der Waals surface area contributed by atoms with E-state index in [2.05, 4.69) is 5.32 Å². The molecule has 0 saturated heterocycles. The van der Waals surface area contributed by atoms with Crippen LogP contribution in [0, 0.1) is 0 Å². The van der Waals surface area contributed by atoms with Crippen molar-refractivity contribution in [1.29, 1.82) is 0 Å². The van der Waals surface area contributed by atoms with Gasteiger partial charge in [-0.2, -0.15) is 0 Å². The van der Waals surface area contributed by atoms with E-state index in [9.17, 15) is 9.59 Å². The Morgan fingerprint density at radius 3 is 2.24 bits per heavy atom. The smallest absolute Gasteiger partial charge is 0.305 e. The van der Waals surface area contributed by atoms with Crippen LogP contribution >= 0.6 is 34.8 Å². The average molecular weight is 296 g/mol. The highest BCUT2D eigenvalue weighted by Crippen LogP contribution is 2.29. The van der Waals surface area contributed by atoms with Gasteiger partial charge in [-0.3, -0.25) is 10.1 Å². The summed E-state index contributed by atoms with van der Waals surface area (Å²) in [7, 11) is 0. The van der Waals surface area contributed by atoms with Crippen molar-refractivity contribution in [2.45, 2.75) is 12.3 Å². The first-order valence-electron chi connectivity index (χ1n) is 4.61. The summed E-state index contributed by atoms with van der Waals surface area (Å²) in [6.07, 6.45) is 0. The Kier molecular flexibility index (Phi) is 5.05. The largest absolute Gasteiger partial charge is 0.326 e. The zero-order chi connectivity index (χ0) is 13.0. The summed E-state index contributed by atoms with van der Waals surface area (Å²) in [6, 6.07) is 4.03. The molecule has 0 spiro atoms. The molecule has 1 rings (SSSR count). The quantitative estimate of drug-likeness (QED) is 0.823. The van der Waals surface area contributed by atoms with Crippen molar-refractivity contribution in [2.24, 2.45) is 0 Å². The molecule has 0 aliphatic rings. The van der Waals surface area contributed by atoms with Crippen LogP contribution in [-0.4, -0.2) is 17.3 Å². The molecule has 0 aromatic heterocycles. The zero-order valence-corrected chi connectivity index (χ0v) is 11.0. The van der Waals surface area contributed by atoms with E-state index in [0.717, 1.165) is 0 Å². The molecule has 1 atom stereocenters. The minimum Gasteiger partial charge on any atom is -0.305 e. The highest BCUT2D eigenvalue weighted by molar-refractivity contribution is 6.40. The van der Waals surface area contributed by atoms with Gasteiger partial charge in [0.25, 0.3) is 0 Å². The Morgan fingerprint density at radius 1 is 1.24 bits per heavy atom. The number of para-hydroxylation sites is 1. The maximum atomic E-state index is 11.4. The van der Waals surface area contributed by atoms with Crippen LogP contribution in [0.3, 0.4) is 0 Å².